The van der Waals surface area contributed by atoms with Gasteiger partial charge in [0.2, 0.25) is 0 Å². The van der Waals surface area contributed by atoms with Crippen LogP contribution in [0.25, 0.3) is 0 Å². The fourth-order valence-corrected chi connectivity index (χ4v) is 3.25. The van der Waals surface area contributed by atoms with Gasteiger partial charge < -0.3 is 20.0 Å². The Kier molecular flexibility index (Phi) is 6.93. The Morgan fingerprint density at radius 2 is 2.04 bits per heavy atom. The highest BCUT2D eigenvalue weighted by atomic mass is 16.3. The van der Waals surface area contributed by atoms with Crippen LogP contribution >= 0.6 is 0 Å². The highest BCUT2D eigenvalue weighted by Gasteiger charge is 2.19. The Balaban J connectivity index is 1.42. The quantitative estimate of drug-likeness (QED) is 0.590. The smallest absolute Gasteiger partial charge is 0.191 e. The number of hydrogen-bond donors (Lipinski definition) is 2. The summed E-state index contributed by atoms with van der Waals surface area (Å²) in [5, 5.41) is 6.72. The first-order chi connectivity index (χ1) is 12.8. The predicted octanol–water partition coefficient (Wildman–Crippen LogP) is 2.69. The van der Waals surface area contributed by atoms with Gasteiger partial charge in [0, 0.05) is 57.2 Å². The molecular weight excluding hydrogens is 326 g/mol. The van der Waals surface area contributed by atoms with E-state index in [1.807, 2.05) is 24.5 Å². The maximum Gasteiger partial charge on any atom is 0.191 e. The van der Waals surface area contributed by atoms with Crippen LogP contribution in [0.1, 0.15) is 25.5 Å². The SMILES string of the molecule is CCNC(=NCC1CCN(c2ccncc2)CC1)NCCc1ccco1. The van der Waals surface area contributed by atoms with Gasteiger partial charge in [0.05, 0.1) is 6.26 Å². The van der Waals surface area contributed by atoms with Crippen LogP contribution in [0.15, 0.2) is 52.3 Å². The highest BCUT2D eigenvalue weighted by Crippen LogP contribution is 2.22. The standard InChI is InChI=1S/C20H29N5O/c1-2-22-20(23-12-7-19-4-3-15-26-19)24-16-17-8-13-25(14-9-17)18-5-10-21-11-6-18/h3-6,10-11,15,17H,2,7-9,12-14,16H2,1H3,(H2,22,23,24). The van der Waals surface area contributed by atoms with Gasteiger partial charge in [0.25, 0.3) is 0 Å². The average Bonchev–Trinajstić information content (AvgIpc) is 3.21. The summed E-state index contributed by atoms with van der Waals surface area (Å²) in [6.07, 6.45) is 8.66. The zero-order valence-electron chi connectivity index (χ0n) is 15.5. The normalized spacial score (nSPS) is 15.9. The molecule has 0 amide bonds. The predicted molar refractivity (Wildman–Crippen MR) is 106 cm³/mol. The highest BCUT2D eigenvalue weighted by molar-refractivity contribution is 5.79. The lowest BCUT2D eigenvalue weighted by Gasteiger charge is -2.33. The summed E-state index contributed by atoms with van der Waals surface area (Å²) in [4.78, 5) is 11.3. The van der Waals surface area contributed by atoms with Crippen molar-refractivity contribution in [2.75, 3.05) is 37.6 Å². The van der Waals surface area contributed by atoms with Gasteiger partial charge in [0.1, 0.15) is 5.76 Å². The molecule has 6 nitrogen and oxygen atoms in total. The second-order valence-corrected chi connectivity index (χ2v) is 6.61. The van der Waals surface area contributed by atoms with E-state index in [1.54, 1.807) is 6.26 Å². The molecule has 1 aliphatic heterocycles. The van der Waals surface area contributed by atoms with Crippen molar-refractivity contribution in [3.63, 3.8) is 0 Å². The summed E-state index contributed by atoms with van der Waals surface area (Å²) in [6.45, 7) is 6.84. The maximum absolute atomic E-state index is 5.37. The third-order valence-electron chi connectivity index (χ3n) is 4.74. The number of pyridine rings is 1. The van der Waals surface area contributed by atoms with Crippen molar-refractivity contribution in [1.29, 1.82) is 0 Å². The lowest BCUT2D eigenvalue weighted by molar-refractivity contribution is 0.414. The van der Waals surface area contributed by atoms with E-state index in [4.69, 9.17) is 9.41 Å². The summed E-state index contributed by atoms with van der Waals surface area (Å²) in [5.41, 5.74) is 1.27. The van der Waals surface area contributed by atoms with Crippen LogP contribution < -0.4 is 15.5 Å². The summed E-state index contributed by atoms with van der Waals surface area (Å²) < 4.78 is 5.37. The largest absolute Gasteiger partial charge is 0.469 e. The molecule has 1 aliphatic rings. The number of guanidine groups is 1. The fourth-order valence-electron chi connectivity index (χ4n) is 3.25. The van der Waals surface area contributed by atoms with Gasteiger partial charge in [-0.05, 0) is 49.9 Å². The van der Waals surface area contributed by atoms with Gasteiger partial charge in [-0.25, -0.2) is 0 Å². The van der Waals surface area contributed by atoms with Crippen molar-refractivity contribution in [3.05, 3.63) is 48.7 Å². The van der Waals surface area contributed by atoms with Crippen LogP contribution in [0, 0.1) is 5.92 Å². The summed E-state index contributed by atoms with van der Waals surface area (Å²) in [6, 6.07) is 8.10. The molecule has 2 aromatic rings. The van der Waals surface area contributed by atoms with E-state index >= 15 is 0 Å². The van der Waals surface area contributed by atoms with Crippen LogP contribution in [-0.4, -0.2) is 43.7 Å². The molecule has 1 saturated heterocycles. The molecule has 0 atom stereocenters. The van der Waals surface area contributed by atoms with Crippen molar-refractivity contribution in [1.82, 2.24) is 15.6 Å². The molecule has 0 saturated carbocycles. The van der Waals surface area contributed by atoms with E-state index in [1.165, 1.54) is 18.5 Å². The summed E-state index contributed by atoms with van der Waals surface area (Å²) in [5.74, 6) is 2.54. The second kappa shape index (κ2) is 9.85. The summed E-state index contributed by atoms with van der Waals surface area (Å²) >= 11 is 0. The molecular formula is C20H29N5O. The fraction of sp³-hybridized carbons (Fsp3) is 0.500. The topological polar surface area (TPSA) is 65.7 Å². The van der Waals surface area contributed by atoms with Crippen molar-refractivity contribution in [2.24, 2.45) is 10.9 Å². The van der Waals surface area contributed by atoms with E-state index in [-0.39, 0.29) is 0 Å². The molecule has 6 heteroatoms. The first kappa shape index (κ1) is 18.3. The van der Waals surface area contributed by atoms with Gasteiger partial charge >= 0.3 is 0 Å². The van der Waals surface area contributed by atoms with Crippen molar-refractivity contribution >= 4 is 11.6 Å². The lowest BCUT2D eigenvalue weighted by atomic mass is 9.97. The molecule has 3 heterocycles. The van der Waals surface area contributed by atoms with Gasteiger partial charge in [-0.15, -0.1) is 0 Å². The zero-order chi connectivity index (χ0) is 18.0. The van der Waals surface area contributed by atoms with Crippen molar-refractivity contribution in [2.45, 2.75) is 26.2 Å². The van der Waals surface area contributed by atoms with Gasteiger partial charge in [-0.3, -0.25) is 9.98 Å². The number of rotatable bonds is 7. The van der Waals surface area contributed by atoms with E-state index in [2.05, 4.69) is 39.6 Å². The van der Waals surface area contributed by atoms with Crippen molar-refractivity contribution < 1.29 is 4.42 Å². The monoisotopic (exact) mass is 355 g/mol. The van der Waals surface area contributed by atoms with Crippen LogP contribution in [0.3, 0.4) is 0 Å². The van der Waals surface area contributed by atoms with E-state index in [9.17, 15) is 0 Å². The number of nitrogens with one attached hydrogen (secondary N) is 2. The Morgan fingerprint density at radius 3 is 2.73 bits per heavy atom. The third kappa shape index (κ3) is 5.51. The molecule has 3 rings (SSSR count). The molecule has 2 N–H and O–H groups in total. The number of furan rings is 1. The van der Waals surface area contributed by atoms with Crippen LogP contribution in [0.4, 0.5) is 5.69 Å². The Labute approximate surface area is 155 Å². The third-order valence-corrected chi connectivity index (χ3v) is 4.74. The van der Waals surface area contributed by atoms with E-state index in [0.29, 0.717) is 5.92 Å². The van der Waals surface area contributed by atoms with Crippen LogP contribution in [0.5, 0.6) is 0 Å². The minimum absolute atomic E-state index is 0.647. The van der Waals surface area contributed by atoms with E-state index in [0.717, 1.165) is 50.9 Å². The number of anilines is 1. The number of nitrogens with zero attached hydrogens (tertiary/aromatic N) is 3. The number of piperidine rings is 1. The summed E-state index contributed by atoms with van der Waals surface area (Å²) in [7, 11) is 0. The lowest BCUT2D eigenvalue weighted by Crippen LogP contribution is -2.39. The van der Waals surface area contributed by atoms with Gasteiger partial charge in [-0.2, -0.15) is 0 Å². The molecule has 0 aromatic carbocycles. The minimum atomic E-state index is 0.647. The first-order valence-electron chi connectivity index (χ1n) is 9.54. The number of hydrogen-bond acceptors (Lipinski definition) is 4. The second-order valence-electron chi connectivity index (χ2n) is 6.61. The number of aromatic nitrogens is 1. The molecule has 26 heavy (non-hydrogen) atoms. The van der Waals surface area contributed by atoms with E-state index < -0.39 is 0 Å². The average molecular weight is 355 g/mol. The number of aliphatic imine (C=N–C) groups is 1. The van der Waals surface area contributed by atoms with Gasteiger partial charge in [0.15, 0.2) is 5.96 Å². The van der Waals surface area contributed by atoms with Gasteiger partial charge in [-0.1, -0.05) is 0 Å². The first-order valence-corrected chi connectivity index (χ1v) is 9.54. The molecule has 140 valence electrons. The molecule has 2 aromatic heterocycles. The molecule has 0 aliphatic carbocycles. The molecule has 0 unspecified atom stereocenters. The molecule has 0 spiro atoms. The van der Waals surface area contributed by atoms with Crippen LogP contribution in [0.2, 0.25) is 0 Å². The van der Waals surface area contributed by atoms with Crippen molar-refractivity contribution in [3.8, 4) is 0 Å². The van der Waals surface area contributed by atoms with Crippen LogP contribution in [-0.2, 0) is 6.42 Å². The maximum atomic E-state index is 5.37. The molecule has 0 radical (unpaired) electrons. The molecule has 0 bridgehead atoms. The Bertz CT molecular complexity index is 648. The zero-order valence-corrected chi connectivity index (χ0v) is 15.5. The Morgan fingerprint density at radius 1 is 1.23 bits per heavy atom. The minimum Gasteiger partial charge on any atom is -0.469 e. The molecule has 1 fully saturated rings. The Hall–Kier alpha value is -2.50.